The fourth-order valence-corrected chi connectivity index (χ4v) is 2.37. The van der Waals surface area contributed by atoms with Gasteiger partial charge in [0.25, 0.3) is 0 Å². The molecular formula is C15H14BrFO2. The van der Waals surface area contributed by atoms with E-state index in [2.05, 4.69) is 15.9 Å². The van der Waals surface area contributed by atoms with Gasteiger partial charge in [-0.05, 0) is 29.8 Å². The molecule has 0 saturated carbocycles. The van der Waals surface area contributed by atoms with Gasteiger partial charge in [-0.15, -0.1) is 0 Å². The number of methoxy groups -OCH3 is 1. The lowest BCUT2D eigenvalue weighted by atomic mass is 10.0. The normalized spacial score (nSPS) is 12.2. The molecule has 4 heteroatoms. The van der Waals surface area contributed by atoms with E-state index < -0.39 is 6.10 Å². The lowest BCUT2D eigenvalue weighted by Gasteiger charge is -2.15. The second kappa shape index (κ2) is 6.17. The summed E-state index contributed by atoms with van der Waals surface area (Å²) in [5.41, 5.74) is 1.12. The van der Waals surface area contributed by atoms with Crippen LogP contribution in [0.1, 0.15) is 17.2 Å². The van der Waals surface area contributed by atoms with Crippen LogP contribution in [-0.2, 0) is 6.42 Å². The SMILES string of the molecule is COc1ccccc1C(O)Cc1cc(Br)ccc1F. The summed E-state index contributed by atoms with van der Waals surface area (Å²) >= 11 is 3.30. The molecule has 0 saturated heterocycles. The minimum atomic E-state index is -0.806. The smallest absolute Gasteiger partial charge is 0.126 e. The summed E-state index contributed by atoms with van der Waals surface area (Å²) in [4.78, 5) is 0. The molecule has 1 atom stereocenters. The van der Waals surface area contributed by atoms with E-state index in [1.165, 1.54) is 6.07 Å². The van der Waals surface area contributed by atoms with E-state index in [9.17, 15) is 9.50 Å². The first kappa shape index (κ1) is 14.0. The highest BCUT2D eigenvalue weighted by Crippen LogP contribution is 2.28. The second-order valence-electron chi connectivity index (χ2n) is 4.20. The van der Waals surface area contributed by atoms with Gasteiger partial charge in [-0.2, -0.15) is 0 Å². The molecule has 0 fully saturated rings. The van der Waals surface area contributed by atoms with Crippen molar-refractivity contribution >= 4 is 15.9 Å². The van der Waals surface area contributed by atoms with Gasteiger partial charge in [-0.3, -0.25) is 0 Å². The molecule has 100 valence electrons. The summed E-state index contributed by atoms with van der Waals surface area (Å²) in [6.07, 6.45) is -0.606. The van der Waals surface area contributed by atoms with E-state index in [-0.39, 0.29) is 12.2 Å². The lowest BCUT2D eigenvalue weighted by molar-refractivity contribution is 0.172. The first-order valence-electron chi connectivity index (χ1n) is 5.86. The van der Waals surface area contributed by atoms with Gasteiger partial charge in [0, 0.05) is 16.5 Å². The monoisotopic (exact) mass is 324 g/mol. The van der Waals surface area contributed by atoms with Gasteiger partial charge >= 0.3 is 0 Å². The molecule has 0 amide bonds. The predicted octanol–water partition coefficient (Wildman–Crippen LogP) is 3.87. The van der Waals surface area contributed by atoms with Crippen molar-refractivity contribution in [1.29, 1.82) is 0 Å². The Hall–Kier alpha value is -1.39. The highest BCUT2D eigenvalue weighted by atomic mass is 79.9. The van der Waals surface area contributed by atoms with Crippen LogP contribution >= 0.6 is 15.9 Å². The number of para-hydroxylation sites is 1. The fourth-order valence-electron chi connectivity index (χ4n) is 1.96. The van der Waals surface area contributed by atoms with Crippen molar-refractivity contribution in [3.8, 4) is 5.75 Å². The van der Waals surface area contributed by atoms with Gasteiger partial charge in [0.1, 0.15) is 11.6 Å². The summed E-state index contributed by atoms with van der Waals surface area (Å²) in [6, 6.07) is 11.9. The van der Waals surface area contributed by atoms with E-state index >= 15 is 0 Å². The zero-order valence-electron chi connectivity index (χ0n) is 10.4. The number of benzene rings is 2. The van der Waals surface area contributed by atoms with Gasteiger partial charge in [-0.1, -0.05) is 34.1 Å². The van der Waals surface area contributed by atoms with Crippen LogP contribution in [-0.4, -0.2) is 12.2 Å². The number of ether oxygens (including phenoxy) is 1. The predicted molar refractivity (Wildman–Crippen MR) is 75.8 cm³/mol. The molecule has 0 aliphatic heterocycles. The molecule has 0 radical (unpaired) electrons. The van der Waals surface area contributed by atoms with Crippen molar-refractivity contribution < 1.29 is 14.2 Å². The van der Waals surface area contributed by atoms with E-state index in [0.29, 0.717) is 16.9 Å². The molecule has 2 aromatic carbocycles. The molecule has 19 heavy (non-hydrogen) atoms. The number of hydrogen-bond donors (Lipinski definition) is 1. The van der Waals surface area contributed by atoms with Gasteiger partial charge in [0.15, 0.2) is 0 Å². The Bertz CT molecular complexity index is 572. The van der Waals surface area contributed by atoms with Crippen LogP contribution in [0, 0.1) is 5.82 Å². The maximum Gasteiger partial charge on any atom is 0.126 e. The van der Waals surface area contributed by atoms with Gasteiger partial charge in [0.2, 0.25) is 0 Å². The maximum atomic E-state index is 13.7. The Morgan fingerprint density at radius 3 is 2.74 bits per heavy atom. The third kappa shape index (κ3) is 3.33. The van der Waals surface area contributed by atoms with E-state index in [1.807, 2.05) is 12.1 Å². The third-order valence-electron chi connectivity index (χ3n) is 2.92. The number of aliphatic hydroxyl groups excluding tert-OH is 1. The third-order valence-corrected chi connectivity index (χ3v) is 3.41. The van der Waals surface area contributed by atoms with E-state index in [0.717, 1.165) is 4.47 Å². The van der Waals surface area contributed by atoms with Crippen LogP contribution in [0.15, 0.2) is 46.9 Å². The van der Waals surface area contributed by atoms with Gasteiger partial charge in [0.05, 0.1) is 13.2 Å². The second-order valence-corrected chi connectivity index (χ2v) is 5.11. The number of hydrogen-bond acceptors (Lipinski definition) is 2. The summed E-state index contributed by atoms with van der Waals surface area (Å²) < 4.78 is 19.6. The Kier molecular flexibility index (Phi) is 4.56. The van der Waals surface area contributed by atoms with Crippen molar-refractivity contribution in [2.75, 3.05) is 7.11 Å². The van der Waals surface area contributed by atoms with Crippen molar-refractivity contribution in [2.24, 2.45) is 0 Å². The highest BCUT2D eigenvalue weighted by Gasteiger charge is 2.15. The largest absolute Gasteiger partial charge is 0.496 e. The van der Waals surface area contributed by atoms with Crippen LogP contribution < -0.4 is 4.74 Å². The fraction of sp³-hybridized carbons (Fsp3) is 0.200. The molecule has 2 rings (SSSR count). The van der Waals surface area contributed by atoms with Crippen molar-refractivity contribution in [3.05, 3.63) is 63.9 Å². The molecule has 0 aliphatic rings. The Morgan fingerprint density at radius 1 is 1.26 bits per heavy atom. The highest BCUT2D eigenvalue weighted by molar-refractivity contribution is 9.10. The molecule has 2 aromatic rings. The summed E-state index contributed by atoms with van der Waals surface area (Å²) in [5, 5.41) is 10.2. The first-order valence-corrected chi connectivity index (χ1v) is 6.66. The molecule has 0 aromatic heterocycles. The molecule has 0 heterocycles. The molecule has 2 nitrogen and oxygen atoms in total. The molecule has 1 N–H and O–H groups in total. The van der Waals surface area contributed by atoms with Crippen molar-refractivity contribution in [2.45, 2.75) is 12.5 Å². The average molecular weight is 325 g/mol. The first-order chi connectivity index (χ1) is 9.11. The van der Waals surface area contributed by atoms with Crippen LogP contribution in [0.5, 0.6) is 5.75 Å². The molecule has 0 spiro atoms. The summed E-state index contributed by atoms with van der Waals surface area (Å²) in [5.74, 6) is 0.280. The van der Waals surface area contributed by atoms with E-state index in [4.69, 9.17) is 4.74 Å². The Labute approximate surface area is 120 Å². The number of halogens is 2. The van der Waals surface area contributed by atoms with Crippen LogP contribution in [0.3, 0.4) is 0 Å². The van der Waals surface area contributed by atoms with Crippen molar-refractivity contribution in [1.82, 2.24) is 0 Å². The van der Waals surface area contributed by atoms with Gasteiger partial charge in [-0.25, -0.2) is 4.39 Å². The van der Waals surface area contributed by atoms with Crippen molar-refractivity contribution in [3.63, 3.8) is 0 Å². The Balaban J connectivity index is 2.25. The molecule has 0 aliphatic carbocycles. The molecule has 0 bridgehead atoms. The number of rotatable bonds is 4. The Morgan fingerprint density at radius 2 is 2.00 bits per heavy atom. The van der Waals surface area contributed by atoms with Crippen LogP contribution in [0.4, 0.5) is 4.39 Å². The lowest BCUT2D eigenvalue weighted by Crippen LogP contribution is -2.05. The standard InChI is InChI=1S/C15H14BrFO2/c1-19-15-5-3-2-4-12(15)14(18)9-10-8-11(16)6-7-13(10)17/h2-8,14,18H,9H2,1H3. The summed E-state index contributed by atoms with van der Waals surface area (Å²) in [7, 11) is 1.55. The van der Waals surface area contributed by atoms with Crippen LogP contribution in [0.2, 0.25) is 0 Å². The van der Waals surface area contributed by atoms with E-state index in [1.54, 1.807) is 31.4 Å². The zero-order chi connectivity index (χ0) is 13.8. The summed E-state index contributed by atoms with van der Waals surface area (Å²) in [6.45, 7) is 0. The minimum Gasteiger partial charge on any atom is -0.496 e. The molecule has 1 unspecified atom stereocenters. The van der Waals surface area contributed by atoms with Crippen LogP contribution in [0.25, 0.3) is 0 Å². The maximum absolute atomic E-state index is 13.7. The topological polar surface area (TPSA) is 29.5 Å². The average Bonchev–Trinajstić information content (AvgIpc) is 2.42. The zero-order valence-corrected chi connectivity index (χ0v) is 12.0. The number of aliphatic hydroxyl groups is 1. The minimum absolute atomic E-state index is 0.200. The van der Waals surface area contributed by atoms with Gasteiger partial charge < -0.3 is 9.84 Å². The quantitative estimate of drug-likeness (QED) is 0.925. The molecular weight excluding hydrogens is 311 g/mol.